The first-order chi connectivity index (χ1) is 11.6. The molecule has 0 aliphatic heterocycles. The first-order valence-electron chi connectivity index (χ1n) is 7.89. The molecule has 0 saturated carbocycles. The number of rotatable bonds is 3. The predicted molar refractivity (Wildman–Crippen MR) is 91.8 cm³/mol. The number of aromatic nitrogens is 6. The molecule has 0 spiro atoms. The Labute approximate surface area is 139 Å². The highest BCUT2D eigenvalue weighted by molar-refractivity contribution is 5.67. The molecule has 0 aliphatic carbocycles. The van der Waals surface area contributed by atoms with Crippen molar-refractivity contribution in [2.45, 2.75) is 27.3 Å². The van der Waals surface area contributed by atoms with Gasteiger partial charge in [-0.05, 0) is 42.8 Å². The number of hydrogen-bond donors (Lipinski definition) is 0. The van der Waals surface area contributed by atoms with Gasteiger partial charge in [0.15, 0.2) is 0 Å². The highest BCUT2D eigenvalue weighted by Crippen LogP contribution is 2.26. The monoisotopic (exact) mass is 318 g/mol. The van der Waals surface area contributed by atoms with E-state index < -0.39 is 0 Å². The molecule has 3 heterocycles. The lowest BCUT2D eigenvalue weighted by Crippen LogP contribution is -2.08. The molecule has 3 aromatic heterocycles. The molecular formula is C18H18N6. The molecule has 0 N–H and O–H groups in total. The summed E-state index contributed by atoms with van der Waals surface area (Å²) in [6.07, 6.45) is 2.11. The van der Waals surface area contributed by atoms with Crippen molar-refractivity contribution in [2.24, 2.45) is 0 Å². The summed E-state index contributed by atoms with van der Waals surface area (Å²) in [5.41, 5.74) is 6.49. The van der Waals surface area contributed by atoms with Gasteiger partial charge in [-0.15, -0.1) is 5.10 Å². The Bertz CT molecular complexity index is 1010. The Hall–Kier alpha value is -3.02. The van der Waals surface area contributed by atoms with Crippen LogP contribution in [0, 0.1) is 20.8 Å². The van der Waals surface area contributed by atoms with E-state index in [1.165, 1.54) is 11.1 Å². The molecule has 4 rings (SSSR count). The molecule has 0 fully saturated rings. The van der Waals surface area contributed by atoms with Gasteiger partial charge in [-0.25, -0.2) is 9.67 Å². The zero-order valence-electron chi connectivity index (χ0n) is 13.9. The van der Waals surface area contributed by atoms with E-state index in [2.05, 4.69) is 70.3 Å². The van der Waals surface area contributed by atoms with Crippen LogP contribution in [0.1, 0.15) is 22.6 Å². The summed E-state index contributed by atoms with van der Waals surface area (Å²) in [6.45, 7) is 6.64. The number of aryl methyl sites for hydroxylation is 3. The highest BCUT2D eigenvalue weighted by atomic mass is 15.5. The Morgan fingerprint density at radius 2 is 1.67 bits per heavy atom. The molecule has 0 radical (unpaired) electrons. The molecule has 0 aliphatic rings. The van der Waals surface area contributed by atoms with Crippen molar-refractivity contribution in [3.05, 3.63) is 65.2 Å². The summed E-state index contributed by atoms with van der Waals surface area (Å²) in [6, 6.07) is 12.6. The zero-order chi connectivity index (χ0) is 16.7. The summed E-state index contributed by atoms with van der Waals surface area (Å²) in [7, 11) is 0. The summed E-state index contributed by atoms with van der Waals surface area (Å²) in [4.78, 5) is 4.84. The molecule has 0 atom stereocenters. The van der Waals surface area contributed by atoms with Gasteiger partial charge in [-0.2, -0.15) is 0 Å². The van der Waals surface area contributed by atoms with Gasteiger partial charge in [-0.1, -0.05) is 35.9 Å². The van der Waals surface area contributed by atoms with E-state index in [1.54, 1.807) is 4.68 Å². The fourth-order valence-electron chi connectivity index (χ4n) is 2.83. The van der Waals surface area contributed by atoms with Crippen LogP contribution in [0.5, 0.6) is 0 Å². The fraction of sp³-hybridized carbons (Fsp3) is 0.222. The first-order valence-corrected chi connectivity index (χ1v) is 7.89. The Balaban J connectivity index is 1.93. The molecule has 0 bridgehead atoms. The van der Waals surface area contributed by atoms with Crippen LogP contribution in [0.4, 0.5) is 0 Å². The standard InChI is InChI=1S/C18H18N6/c1-12-4-7-15(8-5-12)18-16(11-24-14(3)20-21-22-24)23-10-13(2)6-9-17(23)19-18/h4-10H,11H2,1-3H3. The highest BCUT2D eigenvalue weighted by Gasteiger charge is 2.16. The van der Waals surface area contributed by atoms with Crippen LogP contribution < -0.4 is 0 Å². The van der Waals surface area contributed by atoms with Gasteiger partial charge in [-0.3, -0.25) is 0 Å². The number of hydrogen-bond acceptors (Lipinski definition) is 4. The maximum atomic E-state index is 4.84. The number of benzene rings is 1. The van der Waals surface area contributed by atoms with E-state index in [1.807, 2.05) is 13.0 Å². The van der Waals surface area contributed by atoms with E-state index in [0.717, 1.165) is 28.4 Å². The molecular weight excluding hydrogens is 300 g/mol. The molecule has 0 saturated heterocycles. The molecule has 120 valence electrons. The number of fused-ring (bicyclic) bond motifs is 1. The second-order valence-corrected chi connectivity index (χ2v) is 6.09. The second-order valence-electron chi connectivity index (χ2n) is 6.09. The molecule has 6 heteroatoms. The van der Waals surface area contributed by atoms with Crippen molar-refractivity contribution in [3.63, 3.8) is 0 Å². The topological polar surface area (TPSA) is 60.9 Å². The van der Waals surface area contributed by atoms with Crippen molar-refractivity contribution < 1.29 is 0 Å². The van der Waals surface area contributed by atoms with Crippen LogP contribution in [-0.2, 0) is 6.54 Å². The quantitative estimate of drug-likeness (QED) is 0.582. The van der Waals surface area contributed by atoms with Crippen LogP contribution in [-0.4, -0.2) is 29.6 Å². The van der Waals surface area contributed by atoms with Crippen molar-refractivity contribution in [1.82, 2.24) is 29.6 Å². The summed E-state index contributed by atoms with van der Waals surface area (Å²) in [5.74, 6) is 0.785. The maximum Gasteiger partial charge on any atom is 0.148 e. The third-order valence-corrected chi connectivity index (χ3v) is 4.20. The van der Waals surface area contributed by atoms with Crippen molar-refractivity contribution >= 4 is 5.65 Å². The van der Waals surface area contributed by atoms with Crippen molar-refractivity contribution in [2.75, 3.05) is 0 Å². The van der Waals surface area contributed by atoms with E-state index in [-0.39, 0.29) is 0 Å². The largest absolute Gasteiger partial charge is 0.301 e. The van der Waals surface area contributed by atoms with Gasteiger partial charge in [0.25, 0.3) is 0 Å². The second kappa shape index (κ2) is 5.56. The number of nitrogens with zero attached hydrogens (tertiary/aromatic N) is 6. The van der Waals surface area contributed by atoms with Gasteiger partial charge in [0.2, 0.25) is 0 Å². The lowest BCUT2D eigenvalue weighted by molar-refractivity contribution is 0.621. The molecule has 0 amide bonds. The van der Waals surface area contributed by atoms with Gasteiger partial charge in [0.05, 0.1) is 17.9 Å². The fourth-order valence-corrected chi connectivity index (χ4v) is 2.83. The van der Waals surface area contributed by atoms with E-state index in [0.29, 0.717) is 6.54 Å². The molecule has 24 heavy (non-hydrogen) atoms. The van der Waals surface area contributed by atoms with Crippen LogP contribution in [0.15, 0.2) is 42.6 Å². The average molecular weight is 318 g/mol. The number of tetrazole rings is 1. The van der Waals surface area contributed by atoms with Crippen LogP contribution >= 0.6 is 0 Å². The molecule has 4 aromatic rings. The Kier molecular flexibility index (Phi) is 3.37. The average Bonchev–Trinajstić information content (AvgIpc) is 3.13. The lowest BCUT2D eigenvalue weighted by atomic mass is 10.1. The minimum absolute atomic E-state index is 0.576. The summed E-state index contributed by atoms with van der Waals surface area (Å²) in [5, 5.41) is 11.8. The summed E-state index contributed by atoms with van der Waals surface area (Å²) < 4.78 is 3.93. The SMILES string of the molecule is Cc1ccc(-c2nc3ccc(C)cn3c2Cn2nnnc2C)cc1. The minimum atomic E-state index is 0.576. The lowest BCUT2D eigenvalue weighted by Gasteiger charge is -2.07. The van der Waals surface area contributed by atoms with Crippen LogP contribution in [0.2, 0.25) is 0 Å². The van der Waals surface area contributed by atoms with E-state index >= 15 is 0 Å². The first kappa shape index (κ1) is 14.6. The zero-order valence-corrected chi connectivity index (χ0v) is 13.9. The maximum absolute atomic E-state index is 4.84. The third-order valence-electron chi connectivity index (χ3n) is 4.20. The van der Waals surface area contributed by atoms with Gasteiger partial charge >= 0.3 is 0 Å². The minimum Gasteiger partial charge on any atom is -0.301 e. The van der Waals surface area contributed by atoms with E-state index in [4.69, 9.17) is 4.98 Å². The van der Waals surface area contributed by atoms with Crippen LogP contribution in [0.25, 0.3) is 16.9 Å². The number of imidazole rings is 1. The van der Waals surface area contributed by atoms with Crippen molar-refractivity contribution in [1.29, 1.82) is 0 Å². The molecule has 0 unspecified atom stereocenters. The van der Waals surface area contributed by atoms with E-state index in [9.17, 15) is 0 Å². The Morgan fingerprint density at radius 1 is 0.917 bits per heavy atom. The molecule has 1 aromatic carbocycles. The smallest absolute Gasteiger partial charge is 0.148 e. The summed E-state index contributed by atoms with van der Waals surface area (Å²) >= 11 is 0. The van der Waals surface area contributed by atoms with Crippen LogP contribution in [0.3, 0.4) is 0 Å². The normalized spacial score (nSPS) is 11.3. The number of pyridine rings is 1. The van der Waals surface area contributed by atoms with Gasteiger partial charge in [0, 0.05) is 11.8 Å². The van der Waals surface area contributed by atoms with Crippen molar-refractivity contribution in [3.8, 4) is 11.3 Å². The predicted octanol–water partition coefficient (Wildman–Crippen LogP) is 2.96. The Morgan fingerprint density at radius 3 is 2.38 bits per heavy atom. The molecule has 6 nitrogen and oxygen atoms in total. The van der Waals surface area contributed by atoms with Gasteiger partial charge in [0.1, 0.15) is 11.5 Å². The van der Waals surface area contributed by atoms with Gasteiger partial charge < -0.3 is 4.40 Å². The third kappa shape index (κ3) is 2.46.